The molecule has 1 amide bonds. The van der Waals surface area contributed by atoms with Gasteiger partial charge in [-0.25, -0.2) is 8.42 Å². The molecule has 128 valence electrons. The van der Waals surface area contributed by atoms with Crippen LogP contribution in [0.2, 0.25) is 0 Å². The van der Waals surface area contributed by atoms with Gasteiger partial charge in [-0.05, 0) is 37.3 Å². The van der Waals surface area contributed by atoms with Gasteiger partial charge in [0.2, 0.25) is 0 Å². The number of sulfone groups is 1. The van der Waals surface area contributed by atoms with Crippen molar-refractivity contribution in [3.05, 3.63) is 29.8 Å². The highest BCUT2D eigenvalue weighted by Crippen LogP contribution is 2.28. The second kappa shape index (κ2) is 6.91. The van der Waals surface area contributed by atoms with Crippen LogP contribution in [0.5, 0.6) is 5.75 Å². The Hall–Kier alpha value is -1.56. The second-order valence-electron chi connectivity index (χ2n) is 6.59. The molecule has 1 heterocycles. The largest absolute Gasteiger partial charge is 0.483 e. The third-order valence-corrected chi connectivity index (χ3v) is 6.27. The Balaban J connectivity index is 1.95. The van der Waals surface area contributed by atoms with Gasteiger partial charge in [-0.1, -0.05) is 32.0 Å². The fourth-order valence-corrected chi connectivity index (χ4v) is 4.96. The molecule has 0 aliphatic carbocycles. The second-order valence-corrected chi connectivity index (χ2v) is 8.77. The van der Waals surface area contributed by atoms with E-state index in [2.05, 4.69) is 19.2 Å². The smallest absolute Gasteiger partial charge is 0.258 e. The van der Waals surface area contributed by atoms with Crippen molar-refractivity contribution in [3.63, 3.8) is 0 Å². The predicted octanol–water partition coefficient (Wildman–Crippen LogP) is 2.27. The van der Waals surface area contributed by atoms with Crippen molar-refractivity contribution in [1.29, 1.82) is 0 Å². The summed E-state index contributed by atoms with van der Waals surface area (Å²) in [5.41, 5.74) is 0.396. The van der Waals surface area contributed by atoms with Crippen molar-refractivity contribution in [2.75, 3.05) is 18.1 Å². The first kappa shape index (κ1) is 17.8. The summed E-state index contributed by atoms with van der Waals surface area (Å²) in [6.45, 7) is 5.88. The number of hydrogen-bond donors (Lipinski definition) is 1. The lowest BCUT2D eigenvalue weighted by Crippen LogP contribution is -2.48. The Bertz CT molecular complexity index is 671. The molecule has 6 heteroatoms. The Morgan fingerprint density at radius 1 is 1.39 bits per heavy atom. The monoisotopic (exact) mass is 339 g/mol. The summed E-state index contributed by atoms with van der Waals surface area (Å²) in [4.78, 5) is 12.1. The maximum absolute atomic E-state index is 12.1. The fraction of sp³-hybridized carbons (Fsp3) is 0.588. The van der Waals surface area contributed by atoms with Crippen LogP contribution >= 0.6 is 0 Å². The van der Waals surface area contributed by atoms with Crippen molar-refractivity contribution in [2.45, 2.75) is 45.1 Å². The van der Waals surface area contributed by atoms with Gasteiger partial charge in [0.15, 0.2) is 16.4 Å². The van der Waals surface area contributed by atoms with E-state index in [1.807, 2.05) is 24.3 Å². The van der Waals surface area contributed by atoms with Crippen molar-refractivity contribution < 1.29 is 17.9 Å². The molecule has 1 N–H and O–H groups in total. The van der Waals surface area contributed by atoms with Gasteiger partial charge >= 0.3 is 0 Å². The number of hydrogen-bond acceptors (Lipinski definition) is 4. The summed E-state index contributed by atoms with van der Waals surface area (Å²) in [6.07, 6.45) is 1.44. The van der Waals surface area contributed by atoms with Crippen LogP contribution in [-0.4, -0.2) is 38.0 Å². The summed E-state index contributed by atoms with van der Waals surface area (Å²) in [5.74, 6) is 0.896. The van der Waals surface area contributed by atoms with E-state index < -0.39 is 15.4 Å². The highest BCUT2D eigenvalue weighted by Gasteiger charge is 2.39. The molecule has 2 atom stereocenters. The van der Waals surface area contributed by atoms with Gasteiger partial charge in [-0.2, -0.15) is 0 Å². The van der Waals surface area contributed by atoms with Crippen molar-refractivity contribution >= 4 is 15.7 Å². The molecule has 23 heavy (non-hydrogen) atoms. The number of ether oxygens (including phenoxy) is 1. The zero-order valence-electron chi connectivity index (χ0n) is 14.0. The van der Waals surface area contributed by atoms with Gasteiger partial charge in [0.1, 0.15) is 5.75 Å². The number of amides is 1. The van der Waals surface area contributed by atoms with Crippen LogP contribution in [0.3, 0.4) is 0 Å². The van der Waals surface area contributed by atoms with Gasteiger partial charge in [-0.15, -0.1) is 0 Å². The van der Waals surface area contributed by atoms with Crippen molar-refractivity contribution in [2.24, 2.45) is 0 Å². The molecular formula is C17H25NO4S. The fourth-order valence-electron chi connectivity index (χ4n) is 2.86. The van der Waals surface area contributed by atoms with Crippen molar-refractivity contribution in [3.8, 4) is 5.75 Å². The van der Waals surface area contributed by atoms with Crippen LogP contribution in [0.25, 0.3) is 0 Å². The van der Waals surface area contributed by atoms with Crippen LogP contribution in [0.1, 0.15) is 45.1 Å². The average molecular weight is 339 g/mol. The summed E-state index contributed by atoms with van der Waals surface area (Å²) >= 11 is 0. The van der Waals surface area contributed by atoms with E-state index in [0.29, 0.717) is 18.1 Å². The molecule has 0 radical (unpaired) electrons. The number of benzene rings is 1. The zero-order chi connectivity index (χ0) is 17.1. The first-order valence-electron chi connectivity index (χ1n) is 7.98. The first-order valence-corrected chi connectivity index (χ1v) is 9.80. The predicted molar refractivity (Wildman–Crippen MR) is 90.5 cm³/mol. The first-order chi connectivity index (χ1) is 10.7. The van der Waals surface area contributed by atoms with Crippen LogP contribution in [0, 0.1) is 0 Å². The maximum atomic E-state index is 12.1. The van der Waals surface area contributed by atoms with E-state index in [4.69, 9.17) is 4.74 Å². The summed E-state index contributed by atoms with van der Waals surface area (Å²) in [7, 11) is -3.04. The molecular weight excluding hydrogens is 314 g/mol. The number of nitrogens with one attached hydrogen (secondary N) is 1. The lowest BCUT2D eigenvalue weighted by atomic mass is 9.98. The van der Waals surface area contributed by atoms with Gasteiger partial charge in [0.05, 0.1) is 17.0 Å². The molecule has 0 saturated carbocycles. The third-order valence-electron chi connectivity index (χ3n) is 4.37. The summed E-state index contributed by atoms with van der Waals surface area (Å²) in [5, 5.41) is 2.80. The number of carbonyl (C=O) groups excluding carboxylic acids is 1. The molecule has 1 saturated heterocycles. The molecule has 1 aromatic carbocycles. The van der Waals surface area contributed by atoms with Crippen molar-refractivity contribution in [1.82, 2.24) is 5.32 Å². The van der Waals surface area contributed by atoms with E-state index in [1.54, 1.807) is 6.92 Å². The molecule has 0 bridgehead atoms. The van der Waals surface area contributed by atoms with Crippen LogP contribution in [0.4, 0.5) is 0 Å². The molecule has 2 rings (SSSR count). The highest BCUT2D eigenvalue weighted by molar-refractivity contribution is 7.91. The molecule has 2 unspecified atom stereocenters. The standard InChI is InChI=1S/C17H25NO4S/c1-4-13(2)14-7-5-6-8-15(14)22-11-16(19)18-17(3)9-10-23(20,21)12-17/h5-8,13H,4,9-12H2,1-3H3,(H,18,19). The molecule has 1 aromatic rings. The molecule has 1 aliphatic rings. The van der Waals surface area contributed by atoms with Gasteiger partial charge in [0, 0.05) is 0 Å². The average Bonchev–Trinajstić information content (AvgIpc) is 2.77. The maximum Gasteiger partial charge on any atom is 0.258 e. The van der Waals surface area contributed by atoms with E-state index in [1.165, 1.54) is 0 Å². The Morgan fingerprint density at radius 3 is 2.70 bits per heavy atom. The number of rotatable bonds is 6. The molecule has 1 aliphatic heterocycles. The Kier molecular flexibility index (Phi) is 5.34. The van der Waals surface area contributed by atoms with E-state index in [0.717, 1.165) is 12.0 Å². The third kappa shape index (κ3) is 4.70. The minimum atomic E-state index is -3.04. The van der Waals surface area contributed by atoms with E-state index in [-0.39, 0.29) is 24.0 Å². The lowest BCUT2D eigenvalue weighted by molar-refractivity contribution is -0.124. The zero-order valence-corrected chi connectivity index (χ0v) is 14.8. The minimum absolute atomic E-state index is 0.00477. The van der Waals surface area contributed by atoms with Gasteiger partial charge < -0.3 is 10.1 Å². The van der Waals surface area contributed by atoms with Crippen LogP contribution in [-0.2, 0) is 14.6 Å². The van der Waals surface area contributed by atoms with E-state index >= 15 is 0 Å². The summed E-state index contributed by atoms with van der Waals surface area (Å²) < 4.78 is 28.8. The minimum Gasteiger partial charge on any atom is -0.483 e. The Labute approximate surface area is 138 Å². The number of para-hydroxylation sites is 1. The van der Waals surface area contributed by atoms with Gasteiger partial charge in [0.25, 0.3) is 5.91 Å². The van der Waals surface area contributed by atoms with Crippen LogP contribution < -0.4 is 10.1 Å². The highest BCUT2D eigenvalue weighted by atomic mass is 32.2. The summed E-state index contributed by atoms with van der Waals surface area (Å²) in [6, 6.07) is 7.70. The molecule has 1 fully saturated rings. The topological polar surface area (TPSA) is 72.5 Å². The molecule has 0 aromatic heterocycles. The quantitative estimate of drug-likeness (QED) is 0.863. The Morgan fingerprint density at radius 2 is 2.09 bits per heavy atom. The number of carbonyl (C=O) groups is 1. The normalized spacial score (nSPS) is 24.1. The molecule has 0 spiro atoms. The van der Waals surface area contributed by atoms with Gasteiger partial charge in [-0.3, -0.25) is 4.79 Å². The van der Waals surface area contributed by atoms with E-state index in [9.17, 15) is 13.2 Å². The lowest BCUT2D eigenvalue weighted by Gasteiger charge is -2.24. The van der Waals surface area contributed by atoms with Crippen LogP contribution in [0.15, 0.2) is 24.3 Å². The molecule has 5 nitrogen and oxygen atoms in total. The SMILES string of the molecule is CCC(C)c1ccccc1OCC(=O)NC1(C)CCS(=O)(=O)C1.